The number of amides is 1. The van der Waals surface area contributed by atoms with Crippen molar-refractivity contribution in [2.75, 3.05) is 7.11 Å². The molecule has 1 fully saturated rings. The Morgan fingerprint density at radius 3 is 2.70 bits per heavy atom. The highest BCUT2D eigenvalue weighted by molar-refractivity contribution is 5.93. The Kier molecular flexibility index (Phi) is 3.43. The first-order valence-corrected chi connectivity index (χ1v) is 8.87. The molecule has 0 radical (unpaired) electrons. The molecule has 27 heavy (non-hydrogen) atoms. The Balaban J connectivity index is 1.54. The minimum Gasteiger partial charge on any atom is -0.497 e. The van der Waals surface area contributed by atoms with Crippen LogP contribution in [0.4, 0.5) is 0 Å². The van der Waals surface area contributed by atoms with Crippen molar-refractivity contribution in [3.8, 4) is 23.1 Å². The van der Waals surface area contributed by atoms with Crippen LogP contribution in [-0.2, 0) is 13.1 Å². The van der Waals surface area contributed by atoms with E-state index in [1.807, 2.05) is 24.3 Å². The van der Waals surface area contributed by atoms with E-state index in [2.05, 4.69) is 15.4 Å². The number of hydrogen-bond acceptors (Lipinski definition) is 5. The molecule has 2 aromatic heterocycles. The van der Waals surface area contributed by atoms with Crippen molar-refractivity contribution in [2.24, 2.45) is 0 Å². The third-order valence-corrected chi connectivity index (χ3v) is 4.85. The average molecular weight is 366 g/mol. The smallest absolute Gasteiger partial charge is 0.274 e. The molecule has 0 spiro atoms. The third-order valence-electron chi connectivity index (χ3n) is 4.85. The number of methoxy groups -OCH3 is 1. The Morgan fingerprint density at radius 1 is 1.22 bits per heavy atom. The van der Waals surface area contributed by atoms with Crippen LogP contribution in [0, 0.1) is 0 Å². The van der Waals surface area contributed by atoms with E-state index in [0.717, 1.165) is 24.2 Å². The van der Waals surface area contributed by atoms with E-state index in [1.54, 1.807) is 16.5 Å². The Bertz CT molecular complexity index is 1090. The molecular formula is C18H18N6O3. The minimum atomic E-state index is -0.287. The number of rotatable bonds is 4. The van der Waals surface area contributed by atoms with Crippen LogP contribution in [-0.4, -0.2) is 43.2 Å². The summed E-state index contributed by atoms with van der Waals surface area (Å²) in [5.41, 5.74) is 0.910. The van der Waals surface area contributed by atoms with Crippen molar-refractivity contribution < 1.29 is 9.53 Å². The number of aromatic nitrogens is 5. The summed E-state index contributed by atoms with van der Waals surface area (Å²) in [4.78, 5) is 29.5. The van der Waals surface area contributed by atoms with Crippen molar-refractivity contribution in [1.29, 1.82) is 0 Å². The number of carbonyl (C=O) groups is 1. The molecule has 138 valence electrons. The number of nitrogens with zero attached hydrogens (tertiary/aromatic N) is 5. The fraction of sp³-hybridized carbons (Fsp3) is 0.333. The number of hydrogen-bond donors (Lipinski definition) is 1. The van der Waals surface area contributed by atoms with Gasteiger partial charge in [-0.2, -0.15) is 9.67 Å². The number of carbonyl (C=O) groups excluding carboxylic acids is 1. The summed E-state index contributed by atoms with van der Waals surface area (Å²) in [6, 6.07) is 9.02. The third kappa shape index (κ3) is 2.62. The van der Waals surface area contributed by atoms with E-state index in [-0.39, 0.29) is 17.5 Å². The van der Waals surface area contributed by atoms with Crippen LogP contribution < -0.4 is 15.6 Å². The van der Waals surface area contributed by atoms with E-state index in [1.165, 1.54) is 10.7 Å². The van der Waals surface area contributed by atoms with Crippen LogP contribution in [0.5, 0.6) is 5.75 Å². The zero-order valence-electron chi connectivity index (χ0n) is 14.8. The lowest BCUT2D eigenvalue weighted by molar-refractivity contribution is 0.0937. The molecule has 9 heteroatoms. The summed E-state index contributed by atoms with van der Waals surface area (Å²) in [7, 11) is 1.61. The van der Waals surface area contributed by atoms with Crippen molar-refractivity contribution >= 4 is 5.91 Å². The lowest BCUT2D eigenvalue weighted by atomic mass is 10.2. The van der Waals surface area contributed by atoms with E-state index >= 15 is 0 Å². The second kappa shape index (κ2) is 5.83. The summed E-state index contributed by atoms with van der Waals surface area (Å²) in [5, 5.41) is 7.45. The van der Waals surface area contributed by atoms with Gasteiger partial charge in [0.1, 0.15) is 11.4 Å². The first-order chi connectivity index (χ1) is 13.1. The van der Waals surface area contributed by atoms with Crippen molar-refractivity contribution in [2.45, 2.75) is 32.0 Å². The lowest BCUT2D eigenvalue weighted by Gasteiger charge is -2.19. The van der Waals surface area contributed by atoms with Gasteiger partial charge < -0.3 is 10.1 Å². The largest absolute Gasteiger partial charge is 0.497 e. The molecule has 0 bridgehead atoms. The van der Waals surface area contributed by atoms with Crippen LogP contribution in [0.1, 0.15) is 23.3 Å². The maximum Gasteiger partial charge on any atom is 0.274 e. The van der Waals surface area contributed by atoms with Gasteiger partial charge in [0.05, 0.1) is 20.2 Å². The summed E-state index contributed by atoms with van der Waals surface area (Å²) in [6.07, 6.45) is 1.99. The average Bonchev–Trinajstić information content (AvgIpc) is 3.27. The molecule has 1 amide bonds. The highest BCUT2D eigenvalue weighted by atomic mass is 16.5. The zero-order valence-corrected chi connectivity index (χ0v) is 14.8. The van der Waals surface area contributed by atoms with Gasteiger partial charge in [-0.3, -0.25) is 14.3 Å². The maximum atomic E-state index is 12.5. The molecule has 1 N–H and O–H groups in total. The molecule has 2 aliphatic rings. The van der Waals surface area contributed by atoms with E-state index in [9.17, 15) is 9.59 Å². The second-order valence-corrected chi connectivity index (χ2v) is 6.74. The van der Waals surface area contributed by atoms with Gasteiger partial charge in [-0.25, -0.2) is 4.68 Å². The van der Waals surface area contributed by atoms with Crippen LogP contribution in [0.25, 0.3) is 17.3 Å². The van der Waals surface area contributed by atoms with Crippen molar-refractivity contribution in [3.05, 3.63) is 46.4 Å². The number of ether oxygens (including phenoxy) is 1. The van der Waals surface area contributed by atoms with Crippen LogP contribution in [0.2, 0.25) is 0 Å². The standard InChI is InChI=1S/C18H18N6O3/c1-27-13-6-2-11(3-7-13)16-20-18-22(21-16)8-9-23-14(10-15(25)24(18)23)17(26)19-12-4-5-12/h2-3,6-7,10,12H,4-5,8-9H2,1H3,(H,19,26). The molecule has 1 aliphatic heterocycles. The molecule has 1 aromatic carbocycles. The Hall–Kier alpha value is -3.36. The van der Waals surface area contributed by atoms with Crippen molar-refractivity contribution in [3.63, 3.8) is 0 Å². The lowest BCUT2D eigenvalue weighted by Crippen LogP contribution is -2.34. The van der Waals surface area contributed by atoms with Crippen LogP contribution in [0.15, 0.2) is 35.1 Å². The zero-order chi connectivity index (χ0) is 18.5. The molecule has 0 atom stereocenters. The molecule has 1 aliphatic carbocycles. The van der Waals surface area contributed by atoms with Gasteiger partial charge in [-0.1, -0.05) is 0 Å². The van der Waals surface area contributed by atoms with Gasteiger partial charge in [0.2, 0.25) is 0 Å². The summed E-state index contributed by atoms with van der Waals surface area (Å²) in [6.45, 7) is 1.02. The molecule has 9 nitrogen and oxygen atoms in total. The number of aryl methyl sites for hydroxylation is 1. The monoisotopic (exact) mass is 366 g/mol. The number of fused-ring (bicyclic) bond motifs is 3. The summed E-state index contributed by atoms with van der Waals surface area (Å²) in [5.74, 6) is 1.48. The van der Waals surface area contributed by atoms with Gasteiger partial charge in [0.25, 0.3) is 17.4 Å². The van der Waals surface area contributed by atoms with Gasteiger partial charge >= 0.3 is 0 Å². The molecule has 5 rings (SSSR count). The molecule has 3 heterocycles. The Morgan fingerprint density at radius 2 is 2.00 bits per heavy atom. The predicted octanol–water partition coefficient (Wildman–Crippen LogP) is 0.812. The van der Waals surface area contributed by atoms with E-state index in [0.29, 0.717) is 30.6 Å². The van der Waals surface area contributed by atoms with Crippen LogP contribution in [0.3, 0.4) is 0 Å². The Labute approximate surface area is 154 Å². The normalized spacial score (nSPS) is 15.1. The maximum absolute atomic E-state index is 12.5. The highest BCUT2D eigenvalue weighted by Gasteiger charge is 2.29. The first kappa shape index (κ1) is 15.9. The topological polar surface area (TPSA) is 96.0 Å². The minimum absolute atomic E-state index is 0.211. The quantitative estimate of drug-likeness (QED) is 0.737. The van der Waals surface area contributed by atoms with Gasteiger partial charge in [-0.15, -0.1) is 5.10 Å². The predicted molar refractivity (Wildman–Crippen MR) is 96.1 cm³/mol. The second-order valence-electron chi connectivity index (χ2n) is 6.74. The van der Waals surface area contributed by atoms with Gasteiger partial charge in [0, 0.05) is 17.7 Å². The first-order valence-electron chi connectivity index (χ1n) is 8.87. The molecule has 1 saturated carbocycles. The van der Waals surface area contributed by atoms with Crippen LogP contribution >= 0.6 is 0 Å². The molecule has 3 aromatic rings. The fourth-order valence-corrected chi connectivity index (χ4v) is 3.27. The van der Waals surface area contributed by atoms with Gasteiger partial charge in [0.15, 0.2) is 5.82 Å². The molecule has 0 unspecified atom stereocenters. The van der Waals surface area contributed by atoms with Crippen molar-refractivity contribution in [1.82, 2.24) is 29.4 Å². The molecular weight excluding hydrogens is 348 g/mol. The highest BCUT2D eigenvalue weighted by Crippen LogP contribution is 2.23. The van der Waals surface area contributed by atoms with Gasteiger partial charge in [-0.05, 0) is 37.1 Å². The van der Waals surface area contributed by atoms with E-state index in [4.69, 9.17) is 4.74 Å². The molecule has 0 saturated heterocycles. The summed E-state index contributed by atoms with van der Waals surface area (Å²) < 4.78 is 9.98. The number of nitrogens with one attached hydrogen (secondary N) is 1. The summed E-state index contributed by atoms with van der Waals surface area (Å²) >= 11 is 0. The fourth-order valence-electron chi connectivity index (χ4n) is 3.27. The van der Waals surface area contributed by atoms with E-state index < -0.39 is 0 Å². The SMILES string of the molecule is COc1ccc(-c2nc3n(n2)CCn2c(C(=O)NC4CC4)cc(=O)n2-3)cc1. The number of benzene rings is 1.